The first kappa shape index (κ1) is 20.9. The Hall–Kier alpha value is -2.94. The molecule has 0 atom stereocenters. The van der Waals surface area contributed by atoms with Gasteiger partial charge in [-0.1, -0.05) is 66.5 Å². The van der Waals surface area contributed by atoms with E-state index >= 15 is 0 Å². The number of rotatable bonds is 2. The fourth-order valence-corrected chi connectivity index (χ4v) is 6.37. The van der Waals surface area contributed by atoms with Gasteiger partial charge in [-0.15, -0.1) is 11.3 Å². The Balaban J connectivity index is 1.88. The SMILES string of the molecule is CCN1C(=c2sc(=C3SC(=S)N(C)C3=O)n(-c3ccccc3)c2=O)C=Cc2ccccc21. The third-order valence-corrected chi connectivity index (χ3v) is 8.30. The Morgan fingerprint density at radius 2 is 1.69 bits per heavy atom. The van der Waals surface area contributed by atoms with E-state index in [1.54, 1.807) is 11.6 Å². The summed E-state index contributed by atoms with van der Waals surface area (Å²) in [5.41, 5.74) is 3.59. The number of thiocarbonyl (C=S) groups is 1. The number of hydrogen-bond acceptors (Lipinski definition) is 6. The number of amides is 1. The van der Waals surface area contributed by atoms with Gasteiger partial charge in [-0.05, 0) is 36.8 Å². The lowest BCUT2D eigenvalue weighted by Crippen LogP contribution is -2.36. The minimum atomic E-state index is -0.181. The van der Waals surface area contributed by atoms with Crippen molar-refractivity contribution >= 4 is 67.9 Å². The summed E-state index contributed by atoms with van der Waals surface area (Å²) in [4.78, 5) is 30.8. The van der Waals surface area contributed by atoms with Gasteiger partial charge in [-0.2, -0.15) is 0 Å². The summed E-state index contributed by atoms with van der Waals surface area (Å²) in [6.45, 7) is 2.78. The van der Waals surface area contributed by atoms with Crippen LogP contribution in [0.5, 0.6) is 0 Å². The van der Waals surface area contributed by atoms with Crippen molar-refractivity contribution in [1.82, 2.24) is 9.47 Å². The lowest BCUT2D eigenvalue weighted by Gasteiger charge is -2.28. The van der Waals surface area contributed by atoms with Gasteiger partial charge in [0.2, 0.25) is 0 Å². The average Bonchev–Trinajstić information content (AvgIpc) is 3.29. The molecule has 2 aromatic carbocycles. The van der Waals surface area contributed by atoms with Gasteiger partial charge in [-0.3, -0.25) is 19.1 Å². The van der Waals surface area contributed by atoms with Gasteiger partial charge >= 0.3 is 0 Å². The van der Waals surface area contributed by atoms with Gasteiger partial charge in [0.05, 0.1) is 11.4 Å². The topological polar surface area (TPSA) is 45.5 Å². The van der Waals surface area contributed by atoms with Crippen LogP contribution in [0.3, 0.4) is 0 Å². The molecule has 1 saturated heterocycles. The maximum absolute atomic E-state index is 13.8. The zero-order chi connectivity index (χ0) is 22.4. The second-order valence-corrected chi connectivity index (χ2v) is 9.94. The van der Waals surface area contributed by atoms with Crippen LogP contribution in [0.25, 0.3) is 22.4 Å². The molecule has 1 aromatic heterocycles. The molecule has 1 fully saturated rings. The molecular weight excluding hydrogens is 458 g/mol. The molecule has 160 valence electrons. The number of carbonyl (C=O) groups is 1. The number of nitrogens with zero attached hydrogens (tertiary/aromatic N) is 3. The van der Waals surface area contributed by atoms with Crippen molar-refractivity contribution in [2.75, 3.05) is 18.5 Å². The van der Waals surface area contributed by atoms with E-state index in [2.05, 4.69) is 24.0 Å². The smallest absolute Gasteiger partial charge is 0.275 e. The number of likely N-dealkylation sites (N-methyl/N-ethyl adjacent to an activating group) is 1. The predicted octanol–water partition coefficient (Wildman–Crippen LogP) is 3.16. The molecule has 32 heavy (non-hydrogen) atoms. The van der Waals surface area contributed by atoms with Crippen LogP contribution in [0, 0.1) is 0 Å². The number of anilines is 1. The number of para-hydroxylation sites is 2. The van der Waals surface area contributed by atoms with Gasteiger partial charge in [0.25, 0.3) is 11.5 Å². The first-order chi connectivity index (χ1) is 15.5. The van der Waals surface area contributed by atoms with E-state index in [0.29, 0.717) is 25.0 Å². The van der Waals surface area contributed by atoms with Crippen LogP contribution in [0.4, 0.5) is 5.69 Å². The van der Waals surface area contributed by atoms with E-state index in [-0.39, 0.29) is 11.5 Å². The number of thiazole rings is 1. The fraction of sp³-hybridized carbons (Fsp3) is 0.125. The van der Waals surface area contributed by atoms with Gasteiger partial charge in [-0.25, -0.2) is 0 Å². The first-order valence-electron chi connectivity index (χ1n) is 10.1. The van der Waals surface area contributed by atoms with Crippen molar-refractivity contribution in [3.63, 3.8) is 0 Å². The number of thioether (sulfide) groups is 1. The van der Waals surface area contributed by atoms with Gasteiger partial charge in [0.15, 0.2) is 0 Å². The van der Waals surface area contributed by atoms with Crippen LogP contribution >= 0.6 is 35.3 Å². The van der Waals surface area contributed by atoms with Crippen molar-refractivity contribution in [2.45, 2.75) is 6.92 Å². The second-order valence-electron chi connectivity index (χ2n) is 7.30. The monoisotopic (exact) mass is 477 g/mol. The van der Waals surface area contributed by atoms with Crippen LogP contribution in [-0.4, -0.2) is 33.3 Å². The first-order valence-corrected chi connectivity index (χ1v) is 12.2. The molecule has 0 bridgehead atoms. The van der Waals surface area contributed by atoms with E-state index in [0.717, 1.165) is 22.6 Å². The van der Waals surface area contributed by atoms with Crippen molar-refractivity contribution in [2.24, 2.45) is 0 Å². The lowest BCUT2D eigenvalue weighted by molar-refractivity contribution is -0.119. The van der Waals surface area contributed by atoms with Crippen LogP contribution in [0.15, 0.2) is 65.5 Å². The number of hydrogen-bond donors (Lipinski definition) is 0. The van der Waals surface area contributed by atoms with Crippen LogP contribution in [0.2, 0.25) is 0 Å². The van der Waals surface area contributed by atoms with E-state index in [4.69, 9.17) is 12.2 Å². The number of fused-ring (bicyclic) bond motifs is 1. The average molecular weight is 478 g/mol. The van der Waals surface area contributed by atoms with Crippen LogP contribution in [-0.2, 0) is 4.79 Å². The normalized spacial score (nSPS) is 19.1. The summed E-state index contributed by atoms with van der Waals surface area (Å²) in [6, 6.07) is 17.6. The summed E-state index contributed by atoms with van der Waals surface area (Å²) in [5.74, 6) is -0.181. The molecule has 2 aliphatic rings. The highest BCUT2D eigenvalue weighted by Crippen LogP contribution is 2.32. The Kier molecular flexibility index (Phi) is 5.36. The Bertz CT molecular complexity index is 1470. The zero-order valence-electron chi connectivity index (χ0n) is 17.4. The quantitative estimate of drug-likeness (QED) is 0.531. The highest BCUT2D eigenvalue weighted by molar-refractivity contribution is 8.30. The lowest BCUT2D eigenvalue weighted by atomic mass is 10.1. The Morgan fingerprint density at radius 1 is 0.969 bits per heavy atom. The number of aromatic nitrogens is 1. The van der Waals surface area contributed by atoms with Gasteiger partial charge in [0, 0.05) is 19.3 Å². The van der Waals surface area contributed by atoms with E-state index in [9.17, 15) is 9.59 Å². The Labute approximate surface area is 198 Å². The van der Waals surface area contributed by atoms with Crippen LogP contribution < -0.4 is 19.7 Å². The third kappa shape index (κ3) is 3.26. The molecular formula is C24H19N3O2S3. The molecule has 0 aliphatic carbocycles. The van der Waals surface area contributed by atoms with Crippen molar-refractivity contribution < 1.29 is 4.79 Å². The maximum Gasteiger partial charge on any atom is 0.275 e. The molecule has 0 N–H and O–H groups in total. The highest BCUT2D eigenvalue weighted by atomic mass is 32.2. The maximum atomic E-state index is 13.8. The largest absolute Gasteiger partial charge is 0.340 e. The molecule has 0 spiro atoms. The summed E-state index contributed by atoms with van der Waals surface area (Å²) < 4.78 is 3.32. The van der Waals surface area contributed by atoms with Crippen molar-refractivity contribution in [1.29, 1.82) is 0 Å². The standard InChI is InChI=1S/C24H19N3O2S3/c1-3-26-17-12-8-7-9-15(17)13-14-18(26)19-22(29)27(16-10-5-4-6-11-16)23(31-19)20-21(28)25(2)24(30)32-20/h4-14H,3H2,1-2H3. The van der Waals surface area contributed by atoms with E-state index in [1.165, 1.54) is 28.0 Å². The zero-order valence-corrected chi connectivity index (χ0v) is 19.9. The summed E-state index contributed by atoms with van der Waals surface area (Å²) in [7, 11) is 1.67. The second kappa shape index (κ2) is 8.20. The summed E-state index contributed by atoms with van der Waals surface area (Å²) in [6.07, 6.45) is 4.03. The third-order valence-electron chi connectivity index (χ3n) is 5.46. The van der Waals surface area contributed by atoms with Crippen LogP contribution in [0.1, 0.15) is 12.5 Å². The van der Waals surface area contributed by atoms with E-state index < -0.39 is 0 Å². The van der Waals surface area contributed by atoms with E-state index in [1.807, 2.05) is 54.6 Å². The highest BCUT2D eigenvalue weighted by Gasteiger charge is 2.32. The number of carbonyl (C=O) groups excluding carboxylic acids is 1. The molecule has 5 nitrogen and oxygen atoms in total. The molecule has 2 aliphatic heterocycles. The molecule has 8 heteroatoms. The number of benzene rings is 2. The minimum Gasteiger partial charge on any atom is -0.340 e. The summed E-state index contributed by atoms with van der Waals surface area (Å²) >= 11 is 7.93. The van der Waals surface area contributed by atoms with Crippen molar-refractivity contribution in [3.8, 4) is 5.69 Å². The minimum absolute atomic E-state index is 0.143. The summed E-state index contributed by atoms with van der Waals surface area (Å²) in [5, 5.41) is 0. The predicted molar refractivity (Wildman–Crippen MR) is 137 cm³/mol. The molecule has 0 unspecified atom stereocenters. The van der Waals surface area contributed by atoms with Gasteiger partial charge < -0.3 is 4.90 Å². The molecule has 3 aromatic rings. The Morgan fingerprint density at radius 3 is 2.38 bits per heavy atom. The molecule has 1 amide bonds. The molecule has 3 heterocycles. The fourth-order valence-electron chi connectivity index (χ4n) is 3.87. The molecule has 0 saturated carbocycles. The molecule has 5 rings (SSSR count). The molecule has 0 radical (unpaired) electrons. The van der Waals surface area contributed by atoms with Gasteiger partial charge in [0.1, 0.15) is 18.4 Å². The van der Waals surface area contributed by atoms with Crippen molar-refractivity contribution in [3.05, 3.63) is 85.8 Å².